The molecule has 0 saturated heterocycles. The lowest BCUT2D eigenvalue weighted by Crippen LogP contribution is -1.96. The third kappa shape index (κ3) is 5.90. The van der Waals surface area contributed by atoms with Crippen LogP contribution in [0.4, 0.5) is 0 Å². The van der Waals surface area contributed by atoms with Crippen LogP contribution < -0.4 is 0 Å². The average molecular weight is 145 g/mol. The summed E-state index contributed by atoms with van der Waals surface area (Å²) in [6.07, 6.45) is 2.43. The molecule has 0 heterocycles. The van der Waals surface area contributed by atoms with Gasteiger partial charge in [-0.1, -0.05) is 38.5 Å². The van der Waals surface area contributed by atoms with Crippen molar-refractivity contribution in [2.24, 2.45) is 5.92 Å². The first-order chi connectivity index (χ1) is 4.31. The molecule has 0 saturated carbocycles. The summed E-state index contributed by atoms with van der Waals surface area (Å²) in [6.45, 7) is 4.32. The maximum Gasteiger partial charge on any atom is 0.266 e. The largest absolute Gasteiger partial charge is 0.277 e. The van der Waals surface area contributed by atoms with Crippen LogP contribution in [-0.4, -0.2) is 11.4 Å². The smallest absolute Gasteiger partial charge is 0.266 e. The zero-order valence-electron chi connectivity index (χ0n) is 6.02. The number of hydrogen-bond acceptors (Lipinski definition) is 2. The van der Waals surface area contributed by atoms with Gasteiger partial charge in [-0.05, 0) is 5.92 Å². The van der Waals surface area contributed by atoms with Crippen LogP contribution in [0.2, 0.25) is 0 Å². The molecule has 0 amide bonds. The molecule has 0 aromatic rings. The molecule has 0 spiro atoms. The summed E-state index contributed by atoms with van der Waals surface area (Å²) in [4.78, 5) is 9.75. The van der Waals surface area contributed by atoms with Crippen molar-refractivity contribution < 1.29 is 4.79 Å². The van der Waals surface area contributed by atoms with E-state index in [9.17, 15) is 4.79 Å². The lowest BCUT2D eigenvalue weighted by Gasteiger charge is -2.04. The van der Waals surface area contributed by atoms with E-state index in [-0.39, 0.29) is 0 Å². The van der Waals surface area contributed by atoms with Crippen LogP contribution in [0.15, 0.2) is 0 Å². The van der Waals surface area contributed by atoms with Crippen molar-refractivity contribution in [3.05, 3.63) is 0 Å². The summed E-state index contributed by atoms with van der Waals surface area (Å²) in [5.41, 5.74) is 1.82. The highest BCUT2D eigenvalue weighted by Crippen LogP contribution is 2.10. The Hall–Kier alpha value is 0.0200. The third-order valence-electron chi connectivity index (χ3n) is 1.21. The molecule has 0 bridgehead atoms. The molecule has 0 aliphatic carbocycles. The van der Waals surface area contributed by atoms with Gasteiger partial charge in [0.25, 0.3) is 5.62 Å². The van der Waals surface area contributed by atoms with Gasteiger partial charge in [-0.25, -0.2) is 0 Å². The highest BCUT2D eigenvalue weighted by molar-refractivity contribution is 8.11. The Morgan fingerprint density at radius 1 is 1.67 bits per heavy atom. The molecule has 0 aliphatic heterocycles. The van der Waals surface area contributed by atoms with E-state index in [4.69, 9.17) is 0 Å². The van der Waals surface area contributed by atoms with E-state index in [1.165, 1.54) is 24.6 Å². The Morgan fingerprint density at radius 2 is 2.33 bits per heavy atom. The average Bonchev–Trinajstić information content (AvgIpc) is 1.85. The predicted molar refractivity (Wildman–Crippen MR) is 42.2 cm³/mol. The first kappa shape index (κ1) is 9.02. The van der Waals surface area contributed by atoms with Crippen molar-refractivity contribution in [2.45, 2.75) is 26.7 Å². The third-order valence-corrected chi connectivity index (χ3v) is 2.06. The van der Waals surface area contributed by atoms with Gasteiger partial charge in [0, 0.05) is 5.75 Å². The molecule has 0 rings (SSSR count). The number of thioether (sulfide) groups is 1. The zero-order valence-corrected chi connectivity index (χ0v) is 6.83. The summed E-state index contributed by atoms with van der Waals surface area (Å²) >= 11 is 1.25. The highest BCUT2D eigenvalue weighted by Gasteiger charge is 1.98. The molecular formula is C7H13OS. The standard InChI is InChI=1S/C7H13OS/c1-3-4-7(2)5-9-6-8/h7H,3-5H2,1-2H3. The molecule has 9 heavy (non-hydrogen) atoms. The molecule has 0 N–H and O–H groups in total. The molecule has 0 fully saturated rings. The minimum atomic E-state index is 0.668. The van der Waals surface area contributed by atoms with E-state index in [0.29, 0.717) is 5.92 Å². The van der Waals surface area contributed by atoms with E-state index in [0.717, 1.165) is 5.75 Å². The fraction of sp³-hybridized carbons (Fsp3) is 0.857. The van der Waals surface area contributed by atoms with Crippen LogP contribution in [0, 0.1) is 5.92 Å². The van der Waals surface area contributed by atoms with Crippen molar-refractivity contribution in [3.63, 3.8) is 0 Å². The molecule has 53 valence electrons. The van der Waals surface area contributed by atoms with Crippen molar-refractivity contribution in [1.29, 1.82) is 0 Å². The number of carbonyl (C=O) groups excluding carboxylic acids is 1. The minimum absolute atomic E-state index is 0.668. The van der Waals surface area contributed by atoms with Crippen molar-refractivity contribution in [1.82, 2.24) is 0 Å². The van der Waals surface area contributed by atoms with Gasteiger partial charge in [-0.15, -0.1) is 0 Å². The van der Waals surface area contributed by atoms with Gasteiger partial charge in [0.1, 0.15) is 0 Å². The summed E-state index contributed by atoms with van der Waals surface area (Å²) in [7, 11) is 0. The Labute approximate surface area is 61.2 Å². The van der Waals surface area contributed by atoms with Gasteiger partial charge in [0.2, 0.25) is 0 Å². The minimum Gasteiger partial charge on any atom is -0.277 e. The monoisotopic (exact) mass is 145 g/mol. The lowest BCUT2D eigenvalue weighted by atomic mass is 10.1. The second-order valence-corrected chi connectivity index (χ2v) is 3.08. The predicted octanol–water partition coefficient (Wildman–Crippen LogP) is 2.22. The highest BCUT2D eigenvalue weighted by atomic mass is 32.2. The van der Waals surface area contributed by atoms with Crippen LogP contribution >= 0.6 is 11.8 Å². The van der Waals surface area contributed by atoms with Crippen LogP contribution in [0.1, 0.15) is 26.7 Å². The van der Waals surface area contributed by atoms with E-state index < -0.39 is 0 Å². The first-order valence-corrected chi connectivity index (χ1v) is 4.28. The summed E-state index contributed by atoms with van der Waals surface area (Å²) in [5.74, 6) is 1.60. The molecule has 1 unspecified atom stereocenters. The topological polar surface area (TPSA) is 17.1 Å². The number of hydrogen-bond donors (Lipinski definition) is 0. The molecule has 1 nitrogen and oxygen atoms in total. The first-order valence-electron chi connectivity index (χ1n) is 3.30. The summed E-state index contributed by atoms with van der Waals surface area (Å²) in [6, 6.07) is 0. The van der Waals surface area contributed by atoms with Gasteiger partial charge in [0.15, 0.2) is 0 Å². The summed E-state index contributed by atoms with van der Waals surface area (Å²) < 4.78 is 0. The second kappa shape index (κ2) is 6.14. The van der Waals surface area contributed by atoms with E-state index in [2.05, 4.69) is 13.8 Å². The van der Waals surface area contributed by atoms with Crippen LogP contribution in [0.5, 0.6) is 0 Å². The quantitative estimate of drug-likeness (QED) is 0.590. The molecule has 0 aliphatic rings. The van der Waals surface area contributed by atoms with Gasteiger partial charge < -0.3 is 0 Å². The molecule has 1 atom stereocenters. The fourth-order valence-electron chi connectivity index (χ4n) is 0.752. The maximum atomic E-state index is 9.75. The molecule has 0 aromatic carbocycles. The van der Waals surface area contributed by atoms with E-state index in [1.807, 2.05) is 5.62 Å². The van der Waals surface area contributed by atoms with Crippen molar-refractivity contribution in [3.8, 4) is 0 Å². The molecule has 2 heteroatoms. The molecule has 0 aromatic heterocycles. The van der Waals surface area contributed by atoms with Crippen molar-refractivity contribution >= 4 is 17.4 Å². The Balaban J connectivity index is 3.04. The van der Waals surface area contributed by atoms with Crippen LogP contribution in [-0.2, 0) is 4.79 Å². The van der Waals surface area contributed by atoms with Gasteiger partial charge in [-0.3, -0.25) is 4.79 Å². The van der Waals surface area contributed by atoms with Gasteiger partial charge in [0.05, 0.1) is 0 Å². The lowest BCUT2D eigenvalue weighted by molar-refractivity contribution is 0.567. The van der Waals surface area contributed by atoms with Crippen molar-refractivity contribution in [2.75, 3.05) is 5.75 Å². The second-order valence-electron chi connectivity index (χ2n) is 2.29. The van der Waals surface area contributed by atoms with Crippen LogP contribution in [0.25, 0.3) is 0 Å². The van der Waals surface area contributed by atoms with E-state index >= 15 is 0 Å². The van der Waals surface area contributed by atoms with Crippen LogP contribution in [0.3, 0.4) is 0 Å². The Morgan fingerprint density at radius 3 is 2.78 bits per heavy atom. The van der Waals surface area contributed by atoms with Gasteiger partial charge >= 0.3 is 0 Å². The van der Waals surface area contributed by atoms with E-state index in [1.54, 1.807) is 0 Å². The van der Waals surface area contributed by atoms with Gasteiger partial charge in [-0.2, -0.15) is 0 Å². The molecular weight excluding hydrogens is 132 g/mol. The summed E-state index contributed by atoms with van der Waals surface area (Å²) in [5, 5.41) is 0. The zero-order chi connectivity index (χ0) is 7.11. The fourth-order valence-corrected chi connectivity index (χ4v) is 1.27. The SMILES string of the molecule is CCCC(C)CS[C]=O. The maximum absolute atomic E-state index is 9.75. The number of rotatable bonds is 5. The Bertz CT molecular complexity index is 73.3. The normalized spacial score (nSPS) is 13.1. The Kier molecular flexibility index (Phi) is 6.16. The molecule has 1 radical (unpaired) electrons.